The minimum absolute atomic E-state index is 0.0492. The number of benzene rings is 1. The number of likely N-dealkylation sites (N-methyl/N-ethyl adjacent to an activating group) is 1. The van der Waals surface area contributed by atoms with Gasteiger partial charge in [-0.3, -0.25) is 4.79 Å². The van der Waals surface area contributed by atoms with Gasteiger partial charge in [0.2, 0.25) is 0 Å². The Morgan fingerprint density at radius 3 is 3.00 bits per heavy atom. The Morgan fingerprint density at radius 1 is 1.36 bits per heavy atom. The standard InChI is InChI=1S/C18H21NO3/c1-19(2)8-7-18-11-4-6-14(21)17(18)22-16-13(20)5-3-10(15(16)18)9-12(11)19/h3,5,11-12,17H,4,6-9H2,1-2H3/t11-,12+,17-,18-/m0/s1. The summed E-state index contributed by atoms with van der Waals surface area (Å²) in [4.78, 5) is 12.6. The van der Waals surface area contributed by atoms with Gasteiger partial charge in [-0.1, -0.05) is 17.9 Å². The smallest absolute Gasteiger partial charge is 0.174 e. The van der Waals surface area contributed by atoms with Crippen molar-refractivity contribution >= 4 is 5.78 Å². The molecular weight excluding hydrogens is 278 g/mol. The summed E-state index contributed by atoms with van der Waals surface area (Å²) in [7, 11) is 4.62. The van der Waals surface area contributed by atoms with Gasteiger partial charge in [0.05, 0.1) is 32.1 Å². The number of hydrogen-bond donors (Lipinski definition) is 0. The normalized spacial score (nSPS) is 40.1. The van der Waals surface area contributed by atoms with E-state index < -0.39 is 6.10 Å². The molecule has 116 valence electrons. The maximum absolute atomic E-state index is 12.6. The van der Waals surface area contributed by atoms with Crippen molar-refractivity contribution in [3.8, 4) is 11.5 Å². The van der Waals surface area contributed by atoms with E-state index in [0.717, 1.165) is 35.9 Å². The number of rotatable bonds is 0. The van der Waals surface area contributed by atoms with E-state index in [-0.39, 0.29) is 16.9 Å². The second-order valence-electron chi connectivity index (χ2n) is 8.10. The van der Waals surface area contributed by atoms with E-state index in [1.54, 1.807) is 6.07 Å². The lowest BCUT2D eigenvalue weighted by Gasteiger charge is -2.59. The number of likely N-dealkylation sites (tertiary alicyclic amines) is 1. The number of carbonyl (C=O) groups excluding carboxylic acids is 1. The predicted molar refractivity (Wildman–Crippen MR) is 78.8 cm³/mol. The zero-order valence-electron chi connectivity index (χ0n) is 13.1. The van der Waals surface area contributed by atoms with Crippen LogP contribution in [0.4, 0.5) is 0 Å². The van der Waals surface area contributed by atoms with Crippen LogP contribution < -0.4 is 9.84 Å². The largest absolute Gasteiger partial charge is 0.870 e. The summed E-state index contributed by atoms with van der Waals surface area (Å²) in [5, 5.41) is 12.3. The molecule has 2 fully saturated rings. The molecule has 2 heterocycles. The number of nitrogens with zero attached hydrogens (tertiary/aromatic N) is 1. The molecule has 0 radical (unpaired) electrons. The van der Waals surface area contributed by atoms with Crippen molar-refractivity contribution in [2.24, 2.45) is 5.92 Å². The lowest BCUT2D eigenvalue weighted by atomic mass is 9.51. The Bertz CT molecular complexity index is 711. The van der Waals surface area contributed by atoms with Crippen molar-refractivity contribution in [1.82, 2.24) is 0 Å². The third-order valence-electron chi connectivity index (χ3n) is 6.93. The molecule has 1 saturated carbocycles. The van der Waals surface area contributed by atoms with Gasteiger partial charge >= 0.3 is 0 Å². The Kier molecular flexibility index (Phi) is 2.16. The third-order valence-corrected chi connectivity index (χ3v) is 6.93. The molecule has 1 aromatic carbocycles. The molecule has 5 rings (SSSR count). The number of ketones is 1. The molecule has 22 heavy (non-hydrogen) atoms. The maximum atomic E-state index is 12.6. The lowest BCUT2D eigenvalue weighted by Crippen LogP contribution is -2.70. The Labute approximate surface area is 130 Å². The number of ether oxygens (including phenoxy) is 1. The van der Waals surface area contributed by atoms with Crippen molar-refractivity contribution in [2.75, 3.05) is 20.6 Å². The van der Waals surface area contributed by atoms with Crippen molar-refractivity contribution < 1.29 is 19.1 Å². The van der Waals surface area contributed by atoms with E-state index >= 15 is 0 Å². The fraction of sp³-hybridized carbons (Fsp3) is 0.611. The van der Waals surface area contributed by atoms with Gasteiger partial charge < -0.3 is 14.3 Å². The van der Waals surface area contributed by atoms with Crippen molar-refractivity contribution in [3.63, 3.8) is 0 Å². The molecular formula is C18H21NO3. The van der Waals surface area contributed by atoms with Crippen molar-refractivity contribution in [1.29, 1.82) is 0 Å². The minimum atomic E-state index is -0.404. The molecule has 4 atom stereocenters. The van der Waals surface area contributed by atoms with E-state index in [0.29, 0.717) is 24.1 Å². The molecule has 0 aromatic heterocycles. The van der Waals surface area contributed by atoms with Crippen molar-refractivity contribution in [2.45, 2.75) is 43.2 Å². The fourth-order valence-corrected chi connectivity index (χ4v) is 5.89. The van der Waals surface area contributed by atoms with Crippen LogP contribution >= 0.6 is 0 Å². The van der Waals surface area contributed by atoms with Gasteiger partial charge in [0.1, 0.15) is 5.75 Å². The van der Waals surface area contributed by atoms with Gasteiger partial charge in [0.25, 0.3) is 0 Å². The lowest BCUT2D eigenvalue weighted by molar-refractivity contribution is -0.927. The maximum Gasteiger partial charge on any atom is 0.174 e. The van der Waals surface area contributed by atoms with E-state index in [2.05, 4.69) is 14.1 Å². The summed E-state index contributed by atoms with van der Waals surface area (Å²) in [5.74, 6) is 1.11. The van der Waals surface area contributed by atoms with Crippen LogP contribution in [0.1, 0.15) is 30.4 Å². The quantitative estimate of drug-likeness (QED) is 0.675. The van der Waals surface area contributed by atoms with Crippen molar-refractivity contribution in [3.05, 3.63) is 23.3 Å². The summed E-state index contributed by atoms with van der Waals surface area (Å²) < 4.78 is 7.04. The van der Waals surface area contributed by atoms with Crippen LogP contribution in [0, 0.1) is 5.92 Å². The summed E-state index contributed by atoms with van der Waals surface area (Å²) in [6, 6.07) is 4.15. The van der Waals surface area contributed by atoms with Crippen LogP contribution in [0.5, 0.6) is 11.5 Å². The first-order valence-electron chi connectivity index (χ1n) is 8.30. The van der Waals surface area contributed by atoms with Crippen LogP contribution in [0.15, 0.2) is 12.1 Å². The zero-order chi connectivity index (χ0) is 15.3. The molecule has 0 unspecified atom stereocenters. The first-order chi connectivity index (χ1) is 10.4. The summed E-state index contributed by atoms with van der Waals surface area (Å²) in [5.41, 5.74) is 2.15. The number of piperidine rings is 1. The second kappa shape index (κ2) is 3.67. The molecule has 4 aliphatic rings. The molecule has 2 aliphatic carbocycles. The minimum Gasteiger partial charge on any atom is -0.870 e. The Morgan fingerprint density at radius 2 is 2.18 bits per heavy atom. The van der Waals surface area contributed by atoms with Gasteiger partial charge in [0, 0.05) is 30.7 Å². The van der Waals surface area contributed by atoms with Gasteiger partial charge in [-0.15, -0.1) is 0 Å². The fourth-order valence-electron chi connectivity index (χ4n) is 5.89. The molecule has 2 aliphatic heterocycles. The molecule has 0 N–H and O–H groups in total. The van der Waals surface area contributed by atoms with E-state index in [4.69, 9.17) is 4.74 Å². The highest BCUT2D eigenvalue weighted by atomic mass is 16.5. The average molecular weight is 299 g/mol. The highest BCUT2D eigenvalue weighted by Gasteiger charge is 2.68. The third kappa shape index (κ3) is 1.23. The van der Waals surface area contributed by atoms with Crippen LogP contribution in [0.2, 0.25) is 0 Å². The molecule has 4 nitrogen and oxygen atoms in total. The monoisotopic (exact) mass is 299 g/mol. The summed E-state index contributed by atoms with van der Waals surface area (Å²) >= 11 is 0. The van der Waals surface area contributed by atoms with Crippen LogP contribution in [0.3, 0.4) is 0 Å². The first kappa shape index (κ1) is 12.9. The van der Waals surface area contributed by atoms with E-state index in [1.807, 2.05) is 6.07 Å². The SMILES string of the molecule is C[N+]1(C)CC[C@]23c4c5ccc([O-])c4O[C@H]2C(=O)CC[C@H]3[C@H]1C5. The molecule has 1 spiro atoms. The molecule has 0 amide bonds. The van der Waals surface area contributed by atoms with Gasteiger partial charge in [-0.25, -0.2) is 0 Å². The molecule has 4 heteroatoms. The molecule has 1 aromatic rings. The van der Waals surface area contributed by atoms with E-state index in [9.17, 15) is 9.90 Å². The summed E-state index contributed by atoms with van der Waals surface area (Å²) in [6.07, 6.45) is 3.11. The van der Waals surface area contributed by atoms with Gasteiger partial charge in [-0.2, -0.15) is 0 Å². The van der Waals surface area contributed by atoms with Gasteiger partial charge in [0.15, 0.2) is 11.9 Å². The second-order valence-corrected chi connectivity index (χ2v) is 8.10. The van der Waals surface area contributed by atoms with Gasteiger partial charge in [-0.05, 0) is 12.0 Å². The topological polar surface area (TPSA) is 49.4 Å². The number of quaternary nitrogens is 1. The number of carbonyl (C=O) groups is 1. The highest BCUT2D eigenvalue weighted by molar-refractivity contribution is 5.89. The Hall–Kier alpha value is -1.55. The zero-order valence-corrected chi connectivity index (χ0v) is 13.1. The molecule has 1 saturated heterocycles. The Balaban J connectivity index is 1.83. The average Bonchev–Trinajstić information content (AvgIpc) is 2.84. The summed E-state index contributed by atoms with van der Waals surface area (Å²) in [6.45, 7) is 1.05. The predicted octanol–water partition coefficient (Wildman–Crippen LogP) is 1.14. The first-order valence-corrected chi connectivity index (χ1v) is 8.30. The number of hydrogen-bond acceptors (Lipinski definition) is 3. The number of Topliss-reactive ketones (excluding diaryl/α,β-unsaturated/α-hetero) is 1. The highest BCUT2D eigenvalue weighted by Crippen LogP contribution is 2.63. The molecule has 2 bridgehead atoms. The van der Waals surface area contributed by atoms with Crippen LogP contribution in [-0.2, 0) is 16.6 Å². The van der Waals surface area contributed by atoms with E-state index in [1.165, 1.54) is 5.56 Å². The van der Waals surface area contributed by atoms with Crippen LogP contribution in [0.25, 0.3) is 0 Å². The van der Waals surface area contributed by atoms with Crippen LogP contribution in [-0.4, -0.2) is 43.1 Å².